The van der Waals surface area contributed by atoms with E-state index in [1.807, 2.05) is 12.1 Å². The molecule has 0 atom stereocenters. The first-order valence-corrected chi connectivity index (χ1v) is 6.78. The van der Waals surface area contributed by atoms with Gasteiger partial charge in [0.15, 0.2) is 0 Å². The van der Waals surface area contributed by atoms with Crippen LogP contribution in [0.5, 0.6) is 0 Å². The fraction of sp³-hybridized carbons (Fsp3) is 0. The molecule has 0 saturated carbocycles. The molecule has 1 aromatic heterocycles. The number of nitrogens with two attached hydrogens (primary N) is 1. The van der Waals surface area contributed by atoms with Gasteiger partial charge in [-0.15, -0.1) is 0 Å². The lowest BCUT2D eigenvalue weighted by molar-refractivity contribution is 1.11. The quantitative estimate of drug-likeness (QED) is 0.548. The number of halogens is 3. The molecule has 18 heavy (non-hydrogen) atoms. The van der Waals surface area contributed by atoms with Crippen molar-refractivity contribution in [2.24, 2.45) is 5.84 Å². The second kappa shape index (κ2) is 5.83. The average molecular weight is 393 g/mol. The van der Waals surface area contributed by atoms with Gasteiger partial charge in [-0.3, -0.25) is 5.43 Å². The average Bonchev–Trinajstić information content (AvgIpc) is 2.36. The monoisotopic (exact) mass is 391 g/mol. The van der Waals surface area contributed by atoms with Crippen molar-refractivity contribution in [3.8, 4) is 0 Å². The lowest BCUT2D eigenvalue weighted by atomic mass is 10.3. The topological polar surface area (TPSA) is 75.9 Å². The highest BCUT2D eigenvalue weighted by molar-refractivity contribution is 9.10. The second-order valence-corrected chi connectivity index (χ2v) is 5.46. The highest BCUT2D eigenvalue weighted by atomic mass is 79.9. The van der Waals surface area contributed by atoms with Gasteiger partial charge in [-0.2, -0.15) is 4.98 Å². The van der Waals surface area contributed by atoms with Gasteiger partial charge in [-0.05, 0) is 34.1 Å². The van der Waals surface area contributed by atoms with E-state index in [4.69, 9.17) is 17.4 Å². The molecule has 0 aliphatic carbocycles. The predicted octanol–water partition coefficient (Wildman–Crippen LogP) is 3.68. The summed E-state index contributed by atoms with van der Waals surface area (Å²) in [6.45, 7) is 0. The van der Waals surface area contributed by atoms with E-state index in [1.165, 1.54) is 0 Å². The third-order valence-corrected chi connectivity index (χ3v) is 3.46. The van der Waals surface area contributed by atoms with Crippen LogP contribution in [-0.4, -0.2) is 9.97 Å². The summed E-state index contributed by atoms with van der Waals surface area (Å²) in [5, 5.41) is 3.69. The molecule has 5 nitrogen and oxygen atoms in total. The summed E-state index contributed by atoms with van der Waals surface area (Å²) in [6.07, 6.45) is 1.59. The lowest BCUT2D eigenvalue weighted by Gasteiger charge is -2.10. The van der Waals surface area contributed by atoms with Crippen LogP contribution in [0.3, 0.4) is 0 Å². The van der Waals surface area contributed by atoms with Gasteiger partial charge < -0.3 is 5.32 Å². The number of aromatic nitrogens is 2. The molecule has 0 radical (unpaired) electrons. The molecule has 8 heteroatoms. The number of benzene rings is 1. The molecule has 0 amide bonds. The van der Waals surface area contributed by atoms with Gasteiger partial charge >= 0.3 is 0 Å². The Morgan fingerprint density at radius 3 is 2.78 bits per heavy atom. The van der Waals surface area contributed by atoms with Gasteiger partial charge in [0, 0.05) is 10.7 Å². The molecule has 0 spiro atoms. The number of hydrogen-bond acceptors (Lipinski definition) is 5. The molecular weight excluding hydrogens is 385 g/mol. The minimum Gasteiger partial charge on any atom is -0.338 e. The van der Waals surface area contributed by atoms with Crippen LogP contribution in [0.1, 0.15) is 0 Å². The molecule has 0 aliphatic heterocycles. The highest BCUT2D eigenvalue weighted by Gasteiger charge is 2.07. The highest BCUT2D eigenvalue weighted by Crippen LogP contribution is 2.30. The van der Waals surface area contributed by atoms with Crippen LogP contribution < -0.4 is 16.6 Å². The van der Waals surface area contributed by atoms with Crippen molar-refractivity contribution in [2.75, 3.05) is 10.7 Å². The first-order chi connectivity index (χ1) is 8.60. The van der Waals surface area contributed by atoms with E-state index in [1.54, 1.807) is 12.3 Å². The Kier molecular flexibility index (Phi) is 4.39. The van der Waals surface area contributed by atoms with Crippen LogP contribution in [0.2, 0.25) is 5.02 Å². The number of rotatable bonds is 3. The Bertz CT molecular complexity index is 578. The summed E-state index contributed by atoms with van der Waals surface area (Å²) in [6, 6.07) is 5.49. The van der Waals surface area contributed by atoms with Gasteiger partial charge in [-0.25, -0.2) is 10.8 Å². The molecule has 0 aliphatic rings. The van der Waals surface area contributed by atoms with E-state index in [0.717, 1.165) is 10.2 Å². The van der Waals surface area contributed by atoms with Crippen LogP contribution >= 0.6 is 43.5 Å². The van der Waals surface area contributed by atoms with E-state index < -0.39 is 0 Å². The molecule has 2 rings (SSSR count). The van der Waals surface area contributed by atoms with Gasteiger partial charge in [0.1, 0.15) is 5.82 Å². The minimum atomic E-state index is 0.312. The molecule has 2 aromatic rings. The van der Waals surface area contributed by atoms with Crippen LogP contribution in [0.25, 0.3) is 0 Å². The SMILES string of the molecule is NNc1ncc(Br)c(Nc2cc(Br)ccc2Cl)n1. The zero-order valence-corrected chi connectivity index (χ0v) is 12.8. The van der Waals surface area contributed by atoms with Crippen molar-refractivity contribution in [1.82, 2.24) is 9.97 Å². The van der Waals surface area contributed by atoms with Crippen molar-refractivity contribution in [2.45, 2.75) is 0 Å². The van der Waals surface area contributed by atoms with Crippen molar-refractivity contribution in [3.05, 3.63) is 38.4 Å². The summed E-state index contributed by atoms with van der Waals surface area (Å²) in [4.78, 5) is 8.14. The Labute approximate surface area is 125 Å². The molecule has 0 unspecified atom stereocenters. The smallest absolute Gasteiger partial charge is 0.239 e. The maximum Gasteiger partial charge on any atom is 0.239 e. The third-order valence-electron chi connectivity index (χ3n) is 2.05. The standard InChI is InChI=1S/C10H8Br2ClN5/c11-5-1-2-7(13)8(3-5)16-9-6(12)4-15-10(17-9)18-14/h1-4H,14H2,(H2,15,16,17,18). The van der Waals surface area contributed by atoms with Gasteiger partial charge in [0.25, 0.3) is 0 Å². The molecule has 0 fully saturated rings. The van der Waals surface area contributed by atoms with E-state index in [0.29, 0.717) is 21.3 Å². The maximum atomic E-state index is 6.09. The summed E-state index contributed by atoms with van der Waals surface area (Å²) < 4.78 is 1.62. The molecule has 4 N–H and O–H groups in total. The summed E-state index contributed by atoms with van der Waals surface area (Å²) in [7, 11) is 0. The first-order valence-electron chi connectivity index (χ1n) is 4.81. The van der Waals surface area contributed by atoms with Crippen molar-refractivity contribution < 1.29 is 0 Å². The van der Waals surface area contributed by atoms with Crippen LogP contribution in [0.4, 0.5) is 17.5 Å². The number of nitrogens with zero attached hydrogens (tertiary/aromatic N) is 2. The third kappa shape index (κ3) is 3.11. The number of nitrogen functional groups attached to an aromatic ring is 1. The van der Waals surface area contributed by atoms with E-state index >= 15 is 0 Å². The minimum absolute atomic E-state index is 0.312. The molecule has 0 saturated heterocycles. The van der Waals surface area contributed by atoms with E-state index in [-0.39, 0.29) is 0 Å². The second-order valence-electron chi connectivity index (χ2n) is 3.28. The summed E-state index contributed by atoms with van der Waals surface area (Å²) >= 11 is 12.8. The molecule has 0 bridgehead atoms. The van der Waals surface area contributed by atoms with E-state index in [9.17, 15) is 0 Å². The lowest BCUT2D eigenvalue weighted by Crippen LogP contribution is -2.11. The summed E-state index contributed by atoms with van der Waals surface area (Å²) in [5.74, 6) is 6.14. The van der Waals surface area contributed by atoms with Gasteiger partial charge in [0.2, 0.25) is 5.95 Å². The van der Waals surface area contributed by atoms with Crippen LogP contribution in [-0.2, 0) is 0 Å². The number of anilines is 3. The van der Waals surface area contributed by atoms with Crippen LogP contribution in [0, 0.1) is 0 Å². The predicted molar refractivity (Wildman–Crippen MR) is 80.0 cm³/mol. The number of hydrogen-bond donors (Lipinski definition) is 3. The first kappa shape index (κ1) is 13.5. The van der Waals surface area contributed by atoms with E-state index in [2.05, 4.69) is 52.6 Å². The van der Waals surface area contributed by atoms with Crippen LogP contribution in [0.15, 0.2) is 33.3 Å². The fourth-order valence-corrected chi connectivity index (χ4v) is 2.06. The van der Waals surface area contributed by atoms with Crippen molar-refractivity contribution >= 4 is 60.9 Å². The zero-order chi connectivity index (χ0) is 13.1. The van der Waals surface area contributed by atoms with Gasteiger partial charge in [-0.1, -0.05) is 27.5 Å². The number of hydrazine groups is 1. The van der Waals surface area contributed by atoms with Crippen molar-refractivity contribution in [1.29, 1.82) is 0 Å². The van der Waals surface area contributed by atoms with Gasteiger partial charge in [0.05, 0.1) is 15.2 Å². The summed E-state index contributed by atoms with van der Waals surface area (Å²) in [5.41, 5.74) is 3.11. The molecule has 94 valence electrons. The Balaban J connectivity index is 2.36. The molecule has 1 aromatic carbocycles. The van der Waals surface area contributed by atoms with Crippen molar-refractivity contribution in [3.63, 3.8) is 0 Å². The Hall–Kier alpha value is -0.890. The molecule has 1 heterocycles. The zero-order valence-electron chi connectivity index (χ0n) is 8.92. The Morgan fingerprint density at radius 2 is 2.06 bits per heavy atom. The largest absolute Gasteiger partial charge is 0.338 e. The maximum absolute atomic E-state index is 6.09. The normalized spacial score (nSPS) is 10.2. The number of nitrogens with one attached hydrogen (secondary N) is 2. The molecular formula is C10H8Br2ClN5. The fourth-order valence-electron chi connectivity index (χ4n) is 1.25. The Morgan fingerprint density at radius 1 is 1.28 bits per heavy atom.